The van der Waals surface area contributed by atoms with E-state index in [0.717, 1.165) is 5.56 Å². The summed E-state index contributed by atoms with van der Waals surface area (Å²) in [5, 5.41) is 7.12. The van der Waals surface area contributed by atoms with Crippen LogP contribution in [0.25, 0.3) is 0 Å². The van der Waals surface area contributed by atoms with Gasteiger partial charge in [0.15, 0.2) is 0 Å². The van der Waals surface area contributed by atoms with E-state index in [9.17, 15) is 26.4 Å². The number of nitrogens with zero attached hydrogens (tertiary/aromatic N) is 3. The molecule has 1 amide bonds. The highest BCUT2D eigenvalue weighted by atomic mass is 32.2. The van der Waals surface area contributed by atoms with E-state index in [1.807, 2.05) is 12.1 Å². The number of fused-ring (bicyclic) bond motifs is 1. The number of hydrogen-bond acceptors (Lipinski definition) is 6. The second-order valence-electron chi connectivity index (χ2n) is 6.85. The number of carbonyl (C=O) groups is 2. The van der Waals surface area contributed by atoms with E-state index >= 15 is 0 Å². The number of aromatic nitrogens is 1. The zero-order valence-electron chi connectivity index (χ0n) is 16.1. The minimum Gasteiger partial charge on any atom is -0.475 e. The number of aliphatic carboxylic acids is 1. The molecule has 30 heavy (non-hydrogen) atoms. The van der Waals surface area contributed by atoms with Gasteiger partial charge in [0, 0.05) is 38.6 Å². The smallest absolute Gasteiger partial charge is 0.475 e. The first-order valence-corrected chi connectivity index (χ1v) is 10.8. The minimum atomic E-state index is -5.08. The van der Waals surface area contributed by atoms with E-state index in [2.05, 4.69) is 4.98 Å². The van der Waals surface area contributed by atoms with Crippen LogP contribution in [0.5, 0.6) is 0 Å². The van der Waals surface area contributed by atoms with Gasteiger partial charge >= 0.3 is 12.1 Å². The molecule has 0 spiro atoms. The summed E-state index contributed by atoms with van der Waals surface area (Å²) in [6.45, 7) is 2.07. The van der Waals surface area contributed by atoms with Gasteiger partial charge in [-0.1, -0.05) is 6.07 Å². The van der Waals surface area contributed by atoms with E-state index in [0.29, 0.717) is 32.7 Å². The summed E-state index contributed by atoms with van der Waals surface area (Å²) in [7, 11) is -3.25. The number of piperidine rings is 1. The predicted octanol–water partition coefficient (Wildman–Crippen LogP) is 0.724. The zero-order chi connectivity index (χ0) is 22.5. The molecule has 1 aromatic heterocycles. The summed E-state index contributed by atoms with van der Waals surface area (Å²) in [4.78, 5) is 27.6. The molecule has 2 fully saturated rings. The second kappa shape index (κ2) is 9.71. The number of sulfonamides is 1. The lowest BCUT2D eigenvalue weighted by molar-refractivity contribution is -0.192. The number of ether oxygens (including phenoxy) is 1. The molecular formula is C17H22F3N3O6S. The van der Waals surface area contributed by atoms with Gasteiger partial charge in [-0.05, 0) is 18.1 Å². The third-order valence-electron chi connectivity index (χ3n) is 4.65. The Hall–Kier alpha value is -2.25. The van der Waals surface area contributed by atoms with Crippen molar-refractivity contribution in [2.45, 2.75) is 25.2 Å². The first-order valence-electron chi connectivity index (χ1n) is 8.94. The fourth-order valence-electron chi connectivity index (χ4n) is 3.17. The number of amides is 1. The van der Waals surface area contributed by atoms with Gasteiger partial charge in [0.2, 0.25) is 15.9 Å². The molecule has 9 nitrogen and oxygen atoms in total. The molecule has 0 bridgehead atoms. The molecule has 13 heteroatoms. The summed E-state index contributed by atoms with van der Waals surface area (Å²) in [6.07, 6.45) is -0.290. The molecule has 2 aliphatic rings. The van der Waals surface area contributed by atoms with Crippen LogP contribution in [0.4, 0.5) is 13.2 Å². The number of hydrogen-bond donors (Lipinski definition) is 1. The molecule has 2 atom stereocenters. The van der Waals surface area contributed by atoms with Crippen LogP contribution in [0.1, 0.15) is 12.0 Å². The number of carboxylic acid groups (broad SMARTS) is 1. The second-order valence-corrected chi connectivity index (χ2v) is 8.83. The van der Waals surface area contributed by atoms with Crippen molar-refractivity contribution in [1.82, 2.24) is 14.2 Å². The number of pyridine rings is 1. The largest absolute Gasteiger partial charge is 0.490 e. The molecule has 1 aromatic rings. The highest BCUT2D eigenvalue weighted by Crippen LogP contribution is 2.27. The Kier molecular flexibility index (Phi) is 7.77. The van der Waals surface area contributed by atoms with Crippen LogP contribution in [0.3, 0.4) is 0 Å². The zero-order valence-corrected chi connectivity index (χ0v) is 16.9. The lowest BCUT2D eigenvalue weighted by Gasteiger charge is -2.35. The molecule has 0 saturated carbocycles. The van der Waals surface area contributed by atoms with E-state index < -0.39 is 22.2 Å². The molecule has 2 saturated heterocycles. The maximum absolute atomic E-state index is 12.8. The molecule has 168 valence electrons. The number of carboxylic acids is 1. The Labute approximate surface area is 171 Å². The Balaban J connectivity index is 0.000000396. The Bertz CT molecular complexity index is 850. The van der Waals surface area contributed by atoms with E-state index in [1.165, 1.54) is 10.6 Å². The lowest BCUT2D eigenvalue weighted by Crippen LogP contribution is -2.50. The Morgan fingerprint density at radius 3 is 2.57 bits per heavy atom. The Morgan fingerprint density at radius 1 is 1.37 bits per heavy atom. The number of rotatable bonds is 3. The quantitative estimate of drug-likeness (QED) is 0.717. The lowest BCUT2D eigenvalue weighted by atomic mass is 9.93. The molecular weight excluding hydrogens is 431 g/mol. The third kappa shape index (κ3) is 6.64. The summed E-state index contributed by atoms with van der Waals surface area (Å²) < 4.78 is 62.3. The maximum Gasteiger partial charge on any atom is 0.490 e. The van der Waals surface area contributed by atoms with Gasteiger partial charge in [0.25, 0.3) is 0 Å². The van der Waals surface area contributed by atoms with Gasteiger partial charge < -0.3 is 14.7 Å². The van der Waals surface area contributed by atoms with Crippen molar-refractivity contribution in [3.8, 4) is 0 Å². The summed E-state index contributed by atoms with van der Waals surface area (Å²) >= 11 is 0. The number of carbonyl (C=O) groups excluding carboxylic acids is 1. The predicted molar refractivity (Wildman–Crippen MR) is 97.6 cm³/mol. The standard InChI is InChI=1S/C15H21N3O4S.C2HF3O2/c1-23(20,21)18-6-4-13-14(11-18)22-8-7-17(15(13)19)10-12-3-2-5-16-9-12;3-2(4,5)1(6)7/h2-3,5,9,13-14H,4,6-8,10-11H2,1H3;(H,6,7)/t13-,14+;/m1./s1. The van der Waals surface area contributed by atoms with E-state index in [-0.39, 0.29) is 24.5 Å². The van der Waals surface area contributed by atoms with Crippen LogP contribution in [-0.2, 0) is 30.9 Å². The highest BCUT2D eigenvalue weighted by Gasteiger charge is 2.41. The summed E-state index contributed by atoms with van der Waals surface area (Å²) in [5.41, 5.74) is 0.980. The molecule has 0 aliphatic carbocycles. The van der Waals surface area contributed by atoms with Gasteiger partial charge in [0.1, 0.15) is 0 Å². The first kappa shape index (κ1) is 24.0. The Morgan fingerprint density at radius 2 is 2.03 bits per heavy atom. The van der Waals surface area contributed by atoms with Crippen molar-refractivity contribution in [2.75, 3.05) is 32.5 Å². The third-order valence-corrected chi connectivity index (χ3v) is 5.92. The van der Waals surface area contributed by atoms with Gasteiger partial charge in [-0.15, -0.1) is 0 Å². The van der Waals surface area contributed by atoms with Crippen molar-refractivity contribution in [3.63, 3.8) is 0 Å². The topological polar surface area (TPSA) is 117 Å². The number of alkyl halides is 3. The van der Waals surface area contributed by atoms with Crippen molar-refractivity contribution in [3.05, 3.63) is 30.1 Å². The molecule has 0 radical (unpaired) electrons. The summed E-state index contributed by atoms with van der Waals surface area (Å²) in [5.74, 6) is -2.98. The minimum absolute atomic E-state index is 0.0458. The highest BCUT2D eigenvalue weighted by molar-refractivity contribution is 7.88. The van der Waals surface area contributed by atoms with Crippen LogP contribution < -0.4 is 0 Å². The number of halogens is 3. The van der Waals surface area contributed by atoms with E-state index in [1.54, 1.807) is 17.3 Å². The molecule has 2 aliphatic heterocycles. The summed E-state index contributed by atoms with van der Waals surface area (Å²) in [6, 6.07) is 3.79. The van der Waals surface area contributed by atoms with Gasteiger partial charge in [-0.3, -0.25) is 9.78 Å². The average Bonchev–Trinajstić information content (AvgIpc) is 2.81. The fourth-order valence-corrected chi connectivity index (χ4v) is 4.02. The van der Waals surface area contributed by atoms with Crippen LogP contribution in [-0.4, -0.2) is 84.4 Å². The van der Waals surface area contributed by atoms with Gasteiger partial charge in [-0.25, -0.2) is 13.2 Å². The van der Waals surface area contributed by atoms with Crippen LogP contribution in [0, 0.1) is 5.92 Å². The SMILES string of the molecule is CS(=O)(=O)N1CC[C@H]2C(=O)N(Cc3cccnc3)CCO[C@H]2C1.O=C(O)C(F)(F)F. The fraction of sp³-hybridized carbons (Fsp3) is 0.588. The van der Waals surface area contributed by atoms with Crippen LogP contribution in [0.2, 0.25) is 0 Å². The molecule has 3 rings (SSSR count). The van der Waals surface area contributed by atoms with Crippen molar-refractivity contribution >= 4 is 21.9 Å². The van der Waals surface area contributed by atoms with Crippen molar-refractivity contribution in [2.24, 2.45) is 5.92 Å². The monoisotopic (exact) mass is 453 g/mol. The van der Waals surface area contributed by atoms with Crippen molar-refractivity contribution < 1.29 is 41.0 Å². The van der Waals surface area contributed by atoms with Gasteiger partial charge in [0.05, 0.1) is 24.9 Å². The molecule has 0 unspecified atom stereocenters. The van der Waals surface area contributed by atoms with Gasteiger partial charge in [-0.2, -0.15) is 17.5 Å². The average molecular weight is 453 g/mol. The van der Waals surface area contributed by atoms with Crippen LogP contribution >= 0.6 is 0 Å². The molecule has 3 heterocycles. The van der Waals surface area contributed by atoms with Crippen LogP contribution in [0.15, 0.2) is 24.5 Å². The first-order chi connectivity index (χ1) is 13.9. The molecule has 0 aromatic carbocycles. The van der Waals surface area contributed by atoms with Crippen molar-refractivity contribution in [1.29, 1.82) is 0 Å². The van der Waals surface area contributed by atoms with E-state index in [4.69, 9.17) is 14.6 Å². The molecule has 1 N–H and O–H groups in total. The maximum atomic E-state index is 12.8. The normalized spacial score (nSPS) is 23.1.